The maximum Gasteiger partial charge on any atom is 0.229 e. The first-order chi connectivity index (χ1) is 8.65. The molecule has 96 valence electrons. The summed E-state index contributed by atoms with van der Waals surface area (Å²) in [6, 6.07) is 4.63. The van der Waals surface area contributed by atoms with Gasteiger partial charge >= 0.3 is 0 Å². The van der Waals surface area contributed by atoms with E-state index >= 15 is 0 Å². The van der Waals surface area contributed by atoms with Gasteiger partial charge in [0.2, 0.25) is 5.91 Å². The van der Waals surface area contributed by atoms with Crippen molar-refractivity contribution < 1.29 is 9.18 Å². The first-order valence-corrected chi connectivity index (χ1v) is 6.58. The number of carbonyl (C=O) groups is 1. The van der Waals surface area contributed by atoms with Gasteiger partial charge in [0.05, 0.1) is 12.3 Å². The Morgan fingerprint density at radius 2 is 2.28 bits per heavy atom. The number of nitrogens with two attached hydrogens (primary N) is 1. The van der Waals surface area contributed by atoms with Crippen LogP contribution >= 0.6 is 11.8 Å². The van der Waals surface area contributed by atoms with Gasteiger partial charge in [-0.15, -0.1) is 11.8 Å². The van der Waals surface area contributed by atoms with Crippen LogP contribution in [-0.4, -0.2) is 25.3 Å². The highest BCUT2D eigenvalue weighted by Crippen LogP contribution is 2.15. The molecule has 0 heterocycles. The van der Waals surface area contributed by atoms with Crippen molar-refractivity contribution in [3.63, 3.8) is 0 Å². The molecule has 0 aliphatic heterocycles. The maximum atomic E-state index is 13.3. The molecule has 0 aromatic heterocycles. The Balaban J connectivity index is 2.65. The van der Waals surface area contributed by atoms with Crippen molar-refractivity contribution in [2.75, 3.05) is 19.3 Å². The molecule has 3 N–H and O–H groups in total. The maximum absolute atomic E-state index is 13.3. The molecule has 1 amide bonds. The summed E-state index contributed by atoms with van der Waals surface area (Å²) in [5.41, 5.74) is 6.68. The first kappa shape index (κ1) is 14.6. The average Bonchev–Trinajstić information content (AvgIpc) is 2.35. The third-order valence-electron chi connectivity index (χ3n) is 2.07. The normalized spacial score (nSPS) is 9.50. The van der Waals surface area contributed by atoms with Crippen molar-refractivity contribution in [1.82, 2.24) is 5.32 Å². The molecule has 1 rings (SSSR count). The zero-order valence-electron chi connectivity index (χ0n) is 10.1. The molecule has 0 saturated heterocycles. The third kappa shape index (κ3) is 5.21. The zero-order chi connectivity index (χ0) is 13.4. The fraction of sp³-hybridized carbons (Fsp3) is 0.308. The van der Waals surface area contributed by atoms with Gasteiger partial charge in [-0.05, 0) is 23.8 Å². The van der Waals surface area contributed by atoms with Gasteiger partial charge in [-0.1, -0.05) is 11.8 Å². The van der Waals surface area contributed by atoms with Crippen LogP contribution in [0.25, 0.3) is 0 Å². The molecule has 18 heavy (non-hydrogen) atoms. The SMILES string of the molecule is CNC(=O)CSCc1cc(F)cc(C#CCN)c1. The largest absolute Gasteiger partial charge is 0.358 e. The van der Waals surface area contributed by atoms with Gasteiger partial charge in [0.25, 0.3) is 0 Å². The van der Waals surface area contributed by atoms with Crippen LogP contribution in [0.2, 0.25) is 0 Å². The molecule has 1 aromatic rings. The first-order valence-electron chi connectivity index (χ1n) is 5.42. The van der Waals surface area contributed by atoms with Crippen molar-refractivity contribution in [3.05, 3.63) is 35.1 Å². The molecule has 5 heteroatoms. The number of halogens is 1. The zero-order valence-corrected chi connectivity index (χ0v) is 10.9. The van der Waals surface area contributed by atoms with E-state index in [1.807, 2.05) is 6.07 Å². The molecule has 0 bridgehead atoms. The monoisotopic (exact) mass is 266 g/mol. The van der Waals surface area contributed by atoms with E-state index in [9.17, 15) is 9.18 Å². The quantitative estimate of drug-likeness (QED) is 0.803. The number of carbonyl (C=O) groups excluding carboxylic acids is 1. The van der Waals surface area contributed by atoms with E-state index in [0.717, 1.165) is 5.56 Å². The van der Waals surface area contributed by atoms with Crippen LogP contribution in [0.1, 0.15) is 11.1 Å². The lowest BCUT2D eigenvalue weighted by atomic mass is 10.1. The fourth-order valence-electron chi connectivity index (χ4n) is 1.29. The van der Waals surface area contributed by atoms with Crippen LogP contribution in [0.4, 0.5) is 4.39 Å². The van der Waals surface area contributed by atoms with Gasteiger partial charge < -0.3 is 11.1 Å². The van der Waals surface area contributed by atoms with Crippen LogP contribution in [-0.2, 0) is 10.5 Å². The molecule has 0 aliphatic carbocycles. The van der Waals surface area contributed by atoms with E-state index in [1.165, 1.54) is 23.9 Å². The number of hydrogen-bond donors (Lipinski definition) is 2. The number of thioether (sulfide) groups is 1. The van der Waals surface area contributed by atoms with Crippen molar-refractivity contribution >= 4 is 17.7 Å². The van der Waals surface area contributed by atoms with Crippen LogP contribution in [0.3, 0.4) is 0 Å². The minimum atomic E-state index is -0.325. The Morgan fingerprint density at radius 3 is 2.94 bits per heavy atom. The minimum Gasteiger partial charge on any atom is -0.358 e. The average molecular weight is 266 g/mol. The molecule has 0 spiro atoms. The van der Waals surface area contributed by atoms with E-state index in [0.29, 0.717) is 17.1 Å². The number of nitrogens with one attached hydrogen (secondary N) is 1. The number of hydrogen-bond acceptors (Lipinski definition) is 3. The highest BCUT2D eigenvalue weighted by molar-refractivity contribution is 7.99. The highest BCUT2D eigenvalue weighted by Gasteiger charge is 2.02. The molecule has 0 fully saturated rings. The molecule has 0 aliphatic rings. The molecule has 0 unspecified atom stereocenters. The summed E-state index contributed by atoms with van der Waals surface area (Å²) in [7, 11) is 1.59. The van der Waals surface area contributed by atoms with Gasteiger partial charge in [0.15, 0.2) is 0 Å². The lowest BCUT2D eigenvalue weighted by Crippen LogP contribution is -2.19. The topological polar surface area (TPSA) is 55.1 Å². The number of rotatable bonds is 4. The van der Waals surface area contributed by atoms with E-state index in [1.54, 1.807) is 7.05 Å². The van der Waals surface area contributed by atoms with E-state index in [4.69, 9.17) is 5.73 Å². The molecule has 0 saturated carbocycles. The predicted octanol–water partition coefficient (Wildman–Crippen LogP) is 1.12. The molecular weight excluding hydrogens is 251 g/mol. The summed E-state index contributed by atoms with van der Waals surface area (Å²) in [6.45, 7) is 0.247. The van der Waals surface area contributed by atoms with E-state index in [2.05, 4.69) is 17.2 Å². The minimum absolute atomic E-state index is 0.0421. The van der Waals surface area contributed by atoms with Crippen molar-refractivity contribution in [2.45, 2.75) is 5.75 Å². The van der Waals surface area contributed by atoms with Crippen LogP contribution < -0.4 is 11.1 Å². The molecule has 0 radical (unpaired) electrons. The van der Waals surface area contributed by atoms with Gasteiger partial charge in [-0.3, -0.25) is 4.79 Å². The summed E-state index contributed by atoms with van der Waals surface area (Å²) in [4.78, 5) is 11.0. The van der Waals surface area contributed by atoms with Crippen molar-refractivity contribution in [3.8, 4) is 11.8 Å². The molecular formula is C13H15FN2OS. The Kier molecular flexibility index (Phi) is 6.26. The van der Waals surface area contributed by atoms with Gasteiger partial charge in [0, 0.05) is 18.4 Å². The van der Waals surface area contributed by atoms with Crippen LogP contribution in [0, 0.1) is 17.7 Å². The molecule has 1 aromatic carbocycles. The van der Waals surface area contributed by atoms with Crippen LogP contribution in [0.15, 0.2) is 18.2 Å². The van der Waals surface area contributed by atoms with Gasteiger partial charge in [0.1, 0.15) is 5.82 Å². The second-order valence-corrected chi connectivity index (χ2v) is 4.51. The number of benzene rings is 1. The Bertz CT molecular complexity index is 480. The van der Waals surface area contributed by atoms with Gasteiger partial charge in [-0.2, -0.15) is 0 Å². The Morgan fingerprint density at radius 1 is 1.50 bits per heavy atom. The van der Waals surface area contributed by atoms with Crippen molar-refractivity contribution in [2.24, 2.45) is 5.73 Å². The Hall–Kier alpha value is -1.51. The Labute approximate surface area is 110 Å². The van der Waals surface area contributed by atoms with Crippen LogP contribution in [0.5, 0.6) is 0 Å². The highest BCUT2D eigenvalue weighted by atomic mass is 32.2. The summed E-state index contributed by atoms with van der Waals surface area (Å²) in [6.07, 6.45) is 0. The summed E-state index contributed by atoms with van der Waals surface area (Å²) in [5.74, 6) is 6.04. The predicted molar refractivity (Wildman–Crippen MR) is 72.6 cm³/mol. The fourth-order valence-corrected chi connectivity index (χ4v) is 2.13. The van der Waals surface area contributed by atoms with Crippen molar-refractivity contribution in [1.29, 1.82) is 0 Å². The second-order valence-electron chi connectivity index (χ2n) is 3.52. The van der Waals surface area contributed by atoms with E-state index < -0.39 is 0 Å². The van der Waals surface area contributed by atoms with Gasteiger partial charge in [-0.25, -0.2) is 4.39 Å². The molecule has 3 nitrogen and oxygen atoms in total. The standard InChI is InChI=1S/C13H15FN2OS/c1-16-13(17)9-18-8-11-5-10(3-2-4-15)6-12(14)7-11/h5-7H,4,8-9,15H2,1H3,(H,16,17). The summed E-state index contributed by atoms with van der Waals surface area (Å²) in [5, 5.41) is 2.53. The lowest BCUT2D eigenvalue weighted by Gasteiger charge is -2.03. The summed E-state index contributed by atoms with van der Waals surface area (Å²) < 4.78 is 13.3. The summed E-state index contributed by atoms with van der Waals surface area (Å²) >= 11 is 1.43. The lowest BCUT2D eigenvalue weighted by molar-refractivity contribution is -0.118. The smallest absolute Gasteiger partial charge is 0.229 e. The van der Waals surface area contributed by atoms with E-state index in [-0.39, 0.29) is 18.3 Å². The molecule has 0 atom stereocenters. The number of amides is 1. The second kappa shape index (κ2) is 7.75. The third-order valence-corrected chi connectivity index (χ3v) is 3.08.